The third-order valence-electron chi connectivity index (χ3n) is 5.87. The zero-order valence-electron chi connectivity index (χ0n) is 16.5. The molecule has 1 aliphatic heterocycles. The monoisotopic (exact) mass is 379 g/mol. The Balaban J connectivity index is 1.32. The van der Waals surface area contributed by atoms with Crippen LogP contribution in [0.5, 0.6) is 0 Å². The van der Waals surface area contributed by atoms with Crippen molar-refractivity contribution in [3.8, 4) is 0 Å². The molecule has 148 valence electrons. The van der Waals surface area contributed by atoms with Crippen molar-refractivity contribution in [3.05, 3.63) is 42.4 Å². The van der Waals surface area contributed by atoms with E-state index in [1.54, 1.807) is 6.20 Å². The number of nitrogens with zero attached hydrogens (tertiary/aromatic N) is 3. The van der Waals surface area contributed by atoms with Gasteiger partial charge in [0, 0.05) is 30.5 Å². The molecular weight excluding hydrogens is 350 g/mol. The predicted octanol–water partition coefficient (Wildman–Crippen LogP) is 4.32. The molecular formula is C22H29N5O. The minimum absolute atomic E-state index is 0.237. The zero-order valence-corrected chi connectivity index (χ0v) is 16.5. The van der Waals surface area contributed by atoms with E-state index < -0.39 is 0 Å². The standard InChI is InChI=1S/C22H29N5O/c1-16-10-12-27(13-11-16)19-8-6-18(7-9-19)26-22(28)20-14-24-21(15-23-20)25-17-4-2-3-5-17/h6-9,14-17H,2-5,10-13H2,1H3,(H,24,25)(H,26,28). The lowest BCUT2D eigenvalue weighted by Crippen LogP contribution is -2.32. The van der Waals surface area contributed by atoms with Crippen LogP contribution in [0.2, 0.25) is 0 Å². The summed E-state index contributed by atoms with van der Waals surface area (Å²) in [6, 6.07) is 8.54. The van der Waals surface area contributed by atoms with Crippen LogP contribution in [-0.4, -0.2) is 35.0 Å². The molecule has 0 radical (unpaired) electrons. The topological polar surface area (TPSA) is 70.2 Å². The summed E-state index contributed by atoms with van der Waals surface area (Å²) in [5.41, 5.74) is 2.31. The van der Waals surface area contributed by atoms with Gasteiger partial charge in [-0.15, -0.1) is 0 Å². The molecule has 2 aliphatic rings. The van der Waals surface area contributed by atoms with Crippen molar-refractivity contribution in [3.63, 3.8) is 0 Å². The van der Waals surface area contributed by atoms with Crippen molar-refractivity contribution in [2.75, 3.05) is 28.6 Å². The Hall–Kier alpha value is -2.63. The second-order valence-corrected chi connectivity index (χ2v) is 8.08. The van der Waals surface area contributed by atoms with E-state index >= 15 is 0 Å². The average molecular weight is 380 g/mol. The molecule has 2 N–H and O–H groups in total. The van der Waals surface area contributed by atoms with Crippen LogP contribution in [-0.2, 0) is 0 Å². The Kier molecular flexibility index (Phi) is 5.74. The molecule has 1 aromatic carbocycles. The molecule has 0 spiro atoms. The molecule has 1 saturated heterocycles. The van der Waals surface area contributed by atoms with Crippen LogP contribution in [0.15, 0.2) is 36.7 Å². The van der Waals surface area contributed by atoms with Gasteiger partial charge in [0.25, 0.3) is 5.91 Å². The van der Waals surface area contributed by atoms with Crippen LogP contribution < -0.4 is 15.5 Å². The van der Waals surface area contributed by atoms with E-state index in [1.165, 1.54) is 50.4 Å². The van der Waals surface area contributed by atoms with Crippen LogP contribution >= 0.6 is 0 Å². The SMILES string of the molecule is CC1CCN(c2ccc(NC(=O)c3cnc(NC4CCCC4)cn3)cc2)CC1. The molecule has 0 bridgehead atoms. The van der Waals surface area contributed by atoms with Gasteiger partial charge in [0.2, 0.25) is 0 Å². The lowest BCUT2D eigenvalue weighted by molar-refractivity contribution is 0.102. The van der Waals surface area contributed by atoms with Gasteiger partial charge in [-0.25, -0.2) is 9.97 Å². The molecule has 0 atom stereocenters. The number of hydrogen-bond donors (Lipinski definition) is 2. The summed E-state index contributed by atoms with van der Waals surface area (Å²) in [7, 11) is 0. The molecule has 0 unspecified atom stereocenters. The van der Waals surface area contributed by atoms with Crippen LogP contribution in [0, 0.1) is 5.92 Å². The third-order valence-corrected chi connectivity index (χ3v) is 5.87. The summed E-state index contributed by atoms with van der Waals surface area (Å²) < 4.78 is 0. The fourth-order valence-electron chi connectivity index (χ4n) is 4.02. The van der Waals surface area contributed by atoms with E-state index in [1.807, 2.05) is 12.1 Å². The number of amides is 1. The largest absolute Gasteiger partial charge is 0.372 e. The van der Waals surface area contributed by atoms with E-state index in [2.05, 4.69) is 44.6 Å². The Labute approximate surface area is 166 Å². The number of benzene rings is 1. The average Bonchev–Trinajstić information content (AvgIpc) is 3.23. The quantitative estimate of drug-likeness (QED) is 0.810. The first-order chi connectivity index (χ1) is 13.7. The normalized spacial score (nSPS) is 18.2. The number of aromatic nitrogens is 2. The highest BCUT2D eigenvalue weighted by Crippen LogP contribution is 2.24. The number of anilines is 3. The van der Waals surface area contributed by atoms with Gasteiger partial charge in [0.15, 0.2) is 0 Å². The highest BCUT2D eigenvalue weighted by Gasteiger charge is 2.17. The van der Waals surface area contributed by atoms with Gasteiger partial charge in [0.05, 0.1) is 12.4 Å². The lowest BCUT2D eigenvalue weighted by Gasteiger charge is -2.32. The van der Waals surface area contributed by atoms with Crippen molar-refractivity contribution >= 4 is 23.1 Å². The molecule has 1 aliphatic carbocycles. The number of rotatable bonds is 5. The van der Waals surface area contributed by atoms with Gasteiger partial charge in [-0.2, -0.15) is 0 Å². The van der Waals surface area contributed by atoms with Crippen LogP contribution in [0.25, 0.3) is 0 Å². The summed E-state index contributed by atoms with van der Waals surface area (Å²) in [4.78, 5) is 23.5. The van der Waals surface area contributed by atoms with Gasteiger partial charge < -0.3 is 15.5 Å². The highest BCUT2D eigenvalue weighted by molar-refractivity contribution is 6.02. The lowest BCUT2D eigenvalue weighted by atomic mass is 9.99. The number of nitrogens with one attached hydrogen (secondary N) is 2. The maximum atomic E-state index is 12.4. The van der Waals surface area contributed by atoms with E-state index in [4.69, 9.17) is 0 Å². The first kappa shape index (κ1) is 18.7. The molecule has 2 aromatic rings. The Morgan fingerprint density at radius 3 is 2.36 bits per heavy atom. The Bertz CT molecular complexity index is 776. The maximum Gasteiger partial charge on any atom is 0.275 e. The summed E-state index contributed by atoms with van der Waals surface area (Å²) in [5.74, 6) is 1.32. The van der Waals surface area contributed by atoms with Crippen LogP contribution in [0.3, 0.4) is 0 Å². The fraction of sp³-hybridized carbons (Fsp3) is 0.500. The van der Waals surface area contributed by atoms with E-state index in [0.717, 1.165) is 30.5 Å². The number of piperidine rings is 1. The predicted molar refractivity (Wildman–Crippen MR) is 113 cm³/mol. The number of hydrogen-bond acceptors (Lipinski definition) is 5. The molecule has 28 heavy (non-hydrogen) atoms. The smallest absolute Gasteiger partial charge is 0.275 e. The summed E-state index contributed by atoms with van der Waals surface area (Å²) in [5, 5.41) is 6.29. The first-order valence-corrected chi connectivity index (χ1v) is 10.4. The molecule has 4 rings (SSSR count). The molecule has 1 amide bonds. The number of carbonyl (C=O) groups is 1. The van der Waals surface area contributed by atoms with E-state index in [-0.39, 0.29) is 5.91 Å². The maximum absolute atomic E-state index is 12.4. The van der Waals surface area contributed by atoms with Crippen molar-refractivity contribution in [2.24, 2.45) is 5.92 Å². The summed E-state index contributed by atoms with van der Waals surface area (Å²) in [6.07, 6.45) is 10.5. The van der Waals surface area contributed by atoms with Gasteiger partial charge in [0.1, 0.15) is 11.5 Å². The van der Waals surface area contributed by atoms with Crippen molar-refractivity contribution in [2.45, 2.75) is 51.5 Å². The van der Waals surface area contributed by atoms with Crippen molar-refractivity contribution < 1.29 is 4.79 Å². The van der Waals surface area contributed by atoms with Crippen LogP contribution in [0.1, 0.15) is 55.9 Å². The fourth-order valence-corrected chi connectivity index (χ4v) is 4.02. The van der Waals surface area contributed by atoms with Gasteiger partial charge in [-0.05, 0) is 55.9 Å². The summed E-state index contributed by atoms with van der Waals surface area (Å²) in [6.45, 7) is 4.52. The van der Waals surface area contributed by atoms with Gasteiger partial charge in [-0.1, -0.05) is 19.8 Å². The second-order valence-electron chi connectivity index (χ2n) is 8.08. The number of carbonyl (C=O) groups excluding carboxylic acids is 1. The third kappa shape index (κ3) is 4.61. The molecule has 6 nitrogen and oxygen atoms in total. The molecule has 2 heterocycles. The molecule has 6 heteroatoms. The minimum Gasteiger partial charge on any atom is -0.372 e. The first-order valence-electron chi connectivity index (χ1n) is 10.4. The Morgan fingerprint density at radius 2 is 1.71 bits per heavy atom. The molecule has 2 fully saturated rings. The van der Waals surface area contributed by atoms with E-state index in [9.17, 15) is 4.79 Å². The van der Waals surface area contributed by atoms with Gasteiger partial charge >= 0.3 is 0 Å². The molecule has 1 aromatic heterocycles. The highest BCUT2D eigenvalue weighted by atomic mass is 16.1. The second kappa shape index (κ2) is 8.59. The van der Waals surface area contributed by atoms with E-state index in [0.29, 0.717) is 11.7 Å². The molecule has 1 saturated carbocycles. The Morgan fingerprint density at radius 1 is 1.00 bits per heavy atom. The zero-order chi connectivity index (χ0) is 19.3. The van der Waals surface area contributed by atoms with Crippen molar-refractivity contribution in [1.82, 2.24) is 9.97 Å². The van der Waals surface area contributed by atoms with Crippen molar-refractivity contribution in [1.29, 1.82) is 0 Å². The minimum atomic E-state index is -0.237. The van der Waals surface area contributed by atoms with Crippen LogP contribution in [0.4, 0.5) is 17.2 Å². The summed E-state index contributed by atoms with van der Waals surface area (Å²) >= 11 is 0. The van der Waals surface area contributed by atoms with Gasteiger partial charge in [-0.3, -0.25) is 4.79 Å².